The van der Waals surface area contributed by atoms with Crippen LogP contribution in [0.3, 0.4) is 0 Å². The Balaban J connectivity index is 0.00000648. The molecule has 36 heavy (non-hydrogen) atoms. The zero-order valence-corrected chi connectivity index (χ0v) is 21.4. The minimum Gasteiger partial charge on any atom is -0.459 e. The first-order chi connectivity index (χ1) is 16.8. The molecule has 2 aromatic rings. The Morgan fingerprint density at radius 1 is 0.833 bits per heavy atom. The molecule has 2 aromatic carbocycles. The van der Waals surface area contributed by atoms with Crippen molar-refractivity contribution in [2.75, 3.05) is 13.1 Å². The van der Waals surface area contributed by atoms with Crippen LogP contribution in [0.1, 0.15) is 31.4 Å². The number of nitrogens with one attached hydrogen (secondary N) is 3. The zero-order valence-electron chi connectivity index (χ0n) is 20.6. The molecule has 5 N–H and O–H groups in total. The van der Waals surface area contributed by atoms with Gasteiger partial charge in [0.2, 0.25) is 17.7 Å². The Bertz CT molecular complexity index is 973. The van der Waals surface area contributed by atoms with Gasteiger partial charge in [-0.05, 0) is 23.5 Å². The quantitative estimate of drug-likeness (QED) is 0.296. The SMILES string of the molecule is CC(C)CC(NC(=O)C(Cc1ccccc1)NC(=O)CNC(=O)CN)C(=O)OCc1ccccc1.Cl. The summed E-state index contributed by atoms with van der Waals surface area (Å²) in [7, 11) is 0. The number of carbonyl (C=O) groups excluding carboxylic acids is 4. The van der Waals surface area contributed by atoms with E-state index in [2.05, 4.69) is 16.0 Å². The van der Waals surface area contributed by atoms with E-state index in [9.17, 15) is 19.2 Å². The molecule has 0 aliphatic heterocycles. The first-order valence-electron chi connectivity index (χ1n) is 11.6. The Kier molecular flexibility index (Phi) is 13.8. The Morgan fingerprint density at radius 3 is 1.97 bits per heavy atom. The average molecular weight is 519 g/mol. The van der Waals surface area contributed by atoms with Crippen LogP contribution in [0.4, 0.5) is 0 Å². The van der Waals surface area contributed by atoms with E-state index in [0.29, 0.717) is 6.42 Å². The Hall–Kier alpha value is -3.43. The fourth-order valence-corrected chi connectivity index (χ4v) is 3.34. The van der Waals surface area contributed by atoms with E-state index < -0.39 is 35.8 Å². The summed E-state index contributed by atoms with van der Waals surface area (Å²) in [6.45, 7) is 3.40. The minimum absolute atomic E-state index is 0. The van der Waals surface area contributed by atoms with Gasteiger partial charge in [-0.1, -0.05) is 74.5 Å². The molecule has 9 nitrogen and oxygen atoms in total. The Labute approximate surface area is 217 Å². The Morgan fingerprint density at radius 2 is 1.42 bits per heavy atom. The second-order valence-corrected chi connectivity index (χ2v) is 8.57. The van der Waals surface area contributed by atoms with Gasteiger partial charge < -0.3 is 26.4 Å². The fraction of sp³-hybridized carbons (Fsp3) is 0.385. The molecule has 10 heteroatoms. The molecule has 0 spiro atoms. The van der Waals surface area contributed by atoms with E-state index in [-0.39, 0.29) is 44.4 Å². The normalized spacial score (nSPS) is 12.0. The molecule has 0 heterocycles. The number of nitrogens with two attached hydrogens (primary N) is 1. The summed E-state index contributed by atoms with van der Waals surface area (Å²) in [6, 6.07) is 16.6. The highest BCUT2D eigenvalue weighted by Gasteiger charge is 2.28. The van der Waals surface area contributed by atoms with Crippen LogP contribution in [0.2, 0.25) is 0 Å². The van der Waals surface area contributed by atoms with Gasteiger partial charge in [0, 0.05) is 6.42 Å². The van der Waals surface area contributed by atoms with E-state index in [1.165, 1.54) is 0 Å². The van der Waals surface area contributed by atoms with Gasteiger partial charge in [0.15, 0.2) is 0 Å². The molecule has 0 aliphatic carbocycles. The van der Waals surface area contributed by atoms with Crippen LogP contribution in [-0.2, 0) is 36.9 Å². The van der Waals surface area contributed by atoms with Gasteiger partial charge in [-0.25, -0.2) is 4.79 Å². The predicted molar refractivity (Wildman–Crippen MR) is 139 cm³/mol. The van der Waals surface area contributed by atoms with Gasteiger partial charge in [-0.15, -0.1) is 12.4 Å². The fourth-order valence-electron chi connectivity index (χ4n) is 3.34. The lowest BCUT2D eigenvalue weighted by molar-refractivity contribution is -0.149. The number of benzene rings is 2. The van der Waals surface area contributed by atoms with Crippen molar-refractivity contribution in [2.24, 2.45) is 11.7 Å². The summed E-state index contributed by atoms with van der Waals surface area (Å²) in [5, 5.41) is 7.77. The van der Waals surface area contributed by atoms with Gasteiger partial charge in [0.1, 0.15) is 18.7 Å². The monoisotopic (exact) mass is 518 g/mol. The summed E-state index contributed by atoms with van der Waals surface area (Å²) in [5.41, 5.74) is 6.91. The van der Waals surface area contributed by atoms with Crippen LogP contribution >= 0.6 is 12.4 Å². The van der Waals surface area contributed by atoms with Crippen molar-refractivity contribution in [2.45, 2.75) is 45.4 Å². The maximum Gasteiger partial charge on any atom is 0.328 e. The van der Waals surface area contributed by atoms with E-state index in [1.807, 2.05) is 74.5 Å². The number of amides is 3. The van der Waals surface area contributed by atoms with E-state index >= 15 is 0 Å². The lowest BCUT2D eigenvalue weighted by atomic mass is 10.0. The van der Waals surface area contributed by atoms with E-state index in [1.54, 1.807) is 0 Å². The zero-order chi connectivity index (χ0) is 25.6. The molecule has 2 atom stereocenters. The molecule has 0 saturated heterocycles. The molecule has 196 valence electrons. The highest BCUT2D eigenvalue weighted by molar-refractivity contribution is 5.92. The van der Waals surface area contributed by atoms with E-state index in [0.717, 1.165) is 11.1 Å². The molecule has 0 aliphatic rings. The predicted octanol–water partition coefficient (Wildman–Crippen LogP) is 1.48. The number of halogens is 1. The van der Waals surface area contributed by atoms with Crippen LogP contribution in [-0.4, -0.2) is 48.9 Å². The molecule has 2 rings (SSSR count). The lowest BCUT2D eigenvalue weighted by Gasteiger charge is -2.24. The maximum absolute atomic E-state index is 13.2. The molecule has 0 saturated carbocycles. The highest BCUT2D eigenvalue weighted by Crippen LogP contribution is 2.10. The topological polar surface area (TPSA) is 140 Å². The third-order valence-corrected chi connectivity index (χ3v) is 5.10. The van der Waals surface area contributed by atoms with Crippen molar-refractivity contribution in [3.8, 4) is 0 Å². The number of ether oxygens (including phenoxy) is 1. The summed E-state index contributed by atoms with van der Waals surface area (Å²) in [6.07, 6.45) is 0.578. The third-order valence-electron chi connectivity index (χ3n) is 5.10. The van der Waals surface area contributed by atoms with Crippen molar-refractivity contribution in [3.05, 3.63) is 71.8 Å². The molecule has 3 amide bonds. The minimum atomic E-state index is -0.962. The second kappa shape index (κ2) is 16.3. The molecule has 2 unspecified atom stereocenters. The van der Waals surface area contributed by atoms with Crippen molar-refractivity contribution < 1.29 is 23.9 Å². The largest absolute Gasteiger partial charge is 0.459 e. The van der Waals surface area contributed by atoms with Gasteiger partial charge in [-0.3, -0.25) is 14.4 Å². The second-order valence-electron chi connectivity index (χ2n) is 8.57. The number of rotatable bonds is 13. The summed E-state index contributed by atoms with van der Waals surface area (Å²) < 4.78 is 5.45. The number of carbonyl (C=O) groups is 4. The summed E-state index contributed by atoms with van der Waals surface area (Å²) in [5.74, 6) is -1.99. The van der Waals surface area contributed by atoms with Gasteiger partial charge >= 0.3 is 5.97 Å². The first-order valence-corrected chi connectivity index (χ1v) is 11.6. The number of hydrogen-bond acceptors (Lipinski definition) is 6. The van der Waals surface area contributed by atoms with Crippen LogP contribution < -0.4 is 21.7 Å². The van der Waals surface area contributed by atoms with Crippen molar-refractivity contribution >= 4 is 36.1 Å². The third kappa shape index (κ3) is 11.3. The van der Waals surface area contributed by atoms with Crippen molar-refractivity contribution in [3.63, 3.8) is 0 Å². The molecule has 0 aromatic heterocycles. The molecule has 0 fully saturated rings. The van der Waals surface area contributed by atoms with Crippen LogP contribution in [0, 0.1) is 5.92 Å². The van der Waals surface area contributed by atoms with Gasteiger partial charge in [0.05, 0.1) is 13.1 Å². The maximum atomic E-state index is 13.2. The van der Waals surface area contributed by atoms with Crippen molar-refractivity contribution in [1.29, 1.82) is 0 Å². The van der Waals surface area contributed by atoms with Crippen LogP contribution in [0.25, 0.3) is 0 Å². The molecular weight excluding hydrogens is 484 g/mol. The number of hydrogen-bond donors (Lipinski definition) is 4. The van der Waals surface area contributed by atoms with E-state index in [4.69, 9.17) is 10.5 Å². The molecule has 0 radical (unpaired) electrons. The molecule has 0 bridgehead atoms. The van der Waals surface area contributed by atoms with Gasteiger partial charge in [-0.2, -0.15) is 0 Å². The van der Waals surface area contributed by atoms with Crippen LogP contribution in [0.15, 0.2) is 60.7 Å². The van der Waals surface area contributed by atoms with Crippen LogP contribution in [0.5, 0.6) is 0 Å². The smallest absolute Gasteiger partial charge is 0.328 e. The van der Waals surface area contributed by atoms with Gasteiger partial charge in [0.25, 0.3) is 0 Å². The number of esters is 1. The van der Waals surface area contributed by atoms with Crippen molar-refractivity contribution in [1.82, 2.24) is 16.0 Å². The summed E-state index contributed by atoms with van der Waals surface area (Å²) in [4.78, 5) is 49.8. The average Bonchev–Trinajstić information content (AvgIpc) is 2.85. The molecular formula is C26H35ClN4O5. The highest BCUT2D eigenvalue weighted by atomic mass is 35.5. The summed E-state index contributed by atoms with van der Waals surface area (Å²) >= 11 is 0. The first kappa shape index (κ1) is 30.6. The standard InChI is InChI=1S/C26H34N4O5.ClH/c1-18(2)13-22(26(34)35-17-20-11-7-4-8-12-20)30-25(33)21(14-19-9-5-3-6-10-19)29-24(32)16-28-23(31)15-27;/h3-12,18,21-22H,13-17,27H2,1-2H3,(H,28,31)(H,29,32)(H,30,33);1H. The lowest BCUT2D eigenvalue weighted by Crippen LogP contribution is -2.54.